The van der Waals surface area contributed by atoms with Gasteiger partial charge in [0, 0.05) is 11.9 Å². The molecule has 0 heterocycles. The molecule has 19 heavy (non-hydrogen) atoms. The normalized spacial score (nSPS) is 23.7. The van der Waals surface area contributed by atoms with Gasteiger partial charge in [0.1, 0.15) is 5.82 Å². The Bertz CT molecular complexity index is 562. The summed E-state index contributed by atoms with van der Waals surface area (Å²) < 4.78 is 40.5. The van der Waals surface area contributed by atoms with Crippen LogP contribution in [0, 0.1) is 18.7 Å². The second kappa shape index (κ2) is 5.77. The number of nitrogens with one attached hydrogen (secondary N) is 1. The van der Waals surface area contributed by atoms with Crippen molar-refractivity contribution in [2.24, 2.45) is 5.92 Å². The third-order valence-electron chi connectivity index (χ3n) is 3.60. The molecule has 1 aliphatic rings. The highest BCUT2D eigenvalue weighted by Gasteiger charge is 2.31. The van der Waals surface area contributed by atoms with Crippen LogP contribution in [0.15, 0.2) is 23.1 Å². The number of halogens is 2. The van der Waals surface area contributed by atoms with E-state index >= 15 is 0 Å². The Balaban J connectivity index is 2.25. The highest BCUT2D eigenvalue weighted by atomic mass is 35.5. The number of benzene rings is 1. The van der Waals surface area contributed by atoms with Crippen LogP contribution >= 0.6 is 11.6 Å². The molecule has 1 N–H and O–H groups in total. The summed E-state index contributed by atoms with van der Waals surface area (Å²) in [4.78, 5) is 0.00715. The summed E-state index contributed by atoms with van der Waals surface area (Å²) in [6, 6.07) is 3.64. The second-order valence-electron chi connectivity index (χ2n) is 4.98. The van der Waals surface area contributed by atoms with E-state index in [0.29, 0.717) is 11.4 Å². The predicted octanol–water partition coefficient (Wildman–Crippen LogP) is 2.82. The maximum atomic E-state index is 13.2. The van der Waals surface area contributed by atoms with Gasteiger partial charge in [-0.2, -0.15) is 0 Å². The summed E-state index contributed by atoms with van der Waals surface area (Å²) in [6.07, 6.45) is 2.68. The Hall–Kier alpha value is -0.650. The molecule has 3 nitrogen and oxygen atoms in total. The van der Waals surface area contributed by atoms with E-state index in [4.69, 9.17) is 11.6 Å². The molecule has 1 aliphatic carbocycles. The minimum absolute atomic E-state index is 0.00715. The topological polar surface area (TPSA) is 46.2 Å². The quantitative estimate of drug-likeness (QED) is 0.870. The van der Waals surface area contributed by atoms with E-state index in [1.165, 1.54) is 12.1 Å². The average molecular weight is 306 g/mol. The molecule has 0 amide bonds. The molecule has 0 spiro atoms. The van der Waals surface area contributed by atoms with E-state index in [2.05, 4.69) is 4.72 Å². The molecule has 1 saturated carbocycles. The number of aryl methyl sites for hydroxylation is 1. The summed E-state index contributed by atoms with van der Waals surface area (Å²) in [5.74, 6) is 0.0478. The number of hydrogen-bond donors (Lipinski definition) is 1. The molecule has 6 heteroatoms. The zero-order valence-electron chi connectivity index (χ0n) is 10.7. The van der Waals surface area contributed by atoms with Crippen molar-refractivity contribution in [2.45, 2.75) is 37.1 Å². The largest absolute Gasteiger partial charge is 0.241 e. The highest BCUT2D eigenvalue weighted by Crippen LogP contribution is 2.28. The van der Waals surface area contributed by atoms with Crippen LogP contribution in [-0.2, 0) is 10.0 Å². The third kappa shape index (κ3) is 3.27. The Labute approximate surface area is 118 Å². The first-order valence-corrected chi connectivity index (χ1v) is 8.30. The van der Waals surface area contributed by atoms with Crippen LogP contribution in [-0.4, -0.2) is 20.3 Å². The van der Waals surface area contributed by atoms with Gasteiger partial charge in [-0.25, -0.2) is 17.5 Å². The van der Waals surface area contributed by atoms with Crippen molar-refractivity contribution in [1.82, 2.24) is 4.72 Å². The Morgan fingerprint density at radius 1 is 1.42 bits per heavy atom. The Kier molecular flexibility index (Phi) is 4.48. The van der Waals surface area contributed by atoms with Gasteiger partial charge >= 0.3 is 0 Å². The van der Waals surface area contributed by atoms with Crippen molar-refractivity contribution < 1.29 is 12.8 Å². The molecular weight excluding hydrogens is 289 g/mol. The molecule has 0 aromatic heterocycles. The average Bonchev–Trinajstić information content (AvgIpc) is 2.78. The summed E-state index contributed by atoms with van der Waals surface area (Å²) >= 11 is 5.84. The van der Waals surface area contributed by atoms with Crippen LogP contribution in [0.1, 0.15) is 24.8 Å². The van der Waals surface area contributed by atoms with Crippen molar-refractivity contribution in [3.05, 3.63) is 29.6 Å². The van der Waals surface area contributed by atoms with Gasteiger partial charge in [-0.05, 0) is 43.4 Å². The lowest BCUT2D eigenvalue weighted by molar-refractivity contribution is 0.480. The lowest BCUT2D eigenvalue weighted by Crippen LogP contribution is -2.38. The highest BCUT2D eigenvalue weighted by molar-refractivity contribution is 7.89. The summed E-state index contributed by atoms with van der Waals surface area (Å²) in [6.45, 7) is 1.65. The number of rotatable bonds is 4. The van der Waals surface area contributed by atoms with Crippen LogP contribution in [0.3, 0.4) is 0 Å². The van der Waals surface area contributed by atoms with Crippen molar-refractivity contribution in [3.63, 3.8) is 0 Å². The monoisotopic (exact) mass is 305 g/mol. The fraction of sp³-hybridized carbons (Fsp3) is 0.538. The van der Waals surface area contributed by atoms with Crippen LogP contribution in [0.4, 0.5) is 4.39 Å². The Morgan fingerprint density at radius 3 is 2.84 bits per heavy atom. The molecule has 0 bridgehead atoms. The van der Waals surface area contributed by atoms with Gasteiger partial charge in [-0.1, -0.05) is 12.5 Å². The summed E-state index contributed by atoms with van der Waals surface area (Å²) in [5, 5.41) is 0. The third-order valence-corrected chi connectivity index (χ3v) is 5.63. The van der Waals surface area contributed by atoms with E-state index in [1.807, 2.05) is 0 Å². The zero-order valence-corrected chi connectivity index (χ0v) is 12.3. The van der Waals surface area contributed by atoms with Gasteiger partial charge in [0.2, 0.25) is 10.0 Å². The molecule has 106 valence electrons. The van der Waals surface area contributed by atoms with Crippen LogP contribution in [0.2, 0.25) is 0 Å². The van der Waals surface area contributed by atoms with Gasteiger partial charge in [0.25, 0.3) is 0 Å². The first-order valence-electron chi connectivity index (χ1n) is 6.28. The maximum absolute atomic E-state index is 13.2. The van der Waals surface area contributed by atoms with Crippen LogP contribution in [0.5, 0.6) is 0 Å². The van der Waals surface area contributed by atoms with Gasteiger partial charge < -0.3 is 0 Å². The first kappa shape index (κ1) is 14.8. The molecular formula is C13H17ClFNO2S. The molecule has 2 rings (SSSR count). The van der Waals surface area contributed by atoms with Gasteiger partial charge in [0.05, 0.1) is 4.90 Å². The molecule has 1 fully saturated rings. The molecule has 1 aromatic carbocycles. The Morgan fingerprint density at radius 2 is 2.16 bits per heavy atom. The van der Waals surface area contributed by atoms with Crippen molar-refractivity contribution in [3.8, 4) is 0 Å². The molecule has 2 unspecified atom stereocenters. The molecule has 1 aromatic rings. The smallest absolute Gasteiger partial charge is 0.208 e. The number of sulfonamides is 1. The predicted molar refractivity (Wildman–Crippen MR) is 73.3 cm³/mol. The zero-order chi connectivity index (χ0) is 14.0. The molecule has 0 radical (unpaired) electrons. The van der Waals surface area contributed by atoms with Crippen molar-refractivity contribution >= 4 is 21.6 Å². The lowest BCUT2D eigenvalue weighted by atomic mass is 10.1. The van der Waals surface area contributed by atoms with E-state index < -0.39 is 15.8 Å². The van der Waals surface area contributed by atoms with Crippen LogP contribution in [0.25, 0.3) is 0 Å². The molecule has 0 saturated heterocycles. The fourth-order valence-corrected chi connectivity index (χ4v) is 4.47. The van der Waals surface area contributed by atoms with Crippen molar-refractivity contribution in [1.29, 1.82) is 0 Å². The van der Waals surface area contributed by atoms with Crippen LogP contribution < -0.4 is 4.72 Å². The number of alkyl halides is 1. The maximum Gasteiger partial charge on any atom is 0.241 e. The summed E-state index contributed by atoms with van der Waals surface area (Å²) in [7, 11) is -3.69. The van der Waals surface area contributed by atoms with E-state index in [0.717, 1.165) is 25.3 Å². The SMILES string of the molecule is Cc1ccc(F)cc1S(=O)(=O)NC1CCCC1CCl. The lowest BCUT2D eigenvalue weighted by Gasteiger charge is -2.19. The number of hydrogen-bond acceptors (Lipinski definition) is 2. The summed E-state index contributed by atoms with van der Waals surface area (Å²) in [5.41, 5.74) is 0.536. The molecule has 0 aliphatic heterocycles. The van der Waals surface area contributed by atoms with E-state index in [-0.39, 0.29) is 16.9 Å². The van der Waals surface area contributed by atoms with Crippen molar-refractivity contribution in [2.75, 3.05) is 5.88 Å². The fourth-order valence-electron chi connectivity index (χ4n) is 2.50. The van der Waals surface area contributed by atoms with E-state index in [9.17, 15) is 12.8 Å². The first-order chi connectivity index (χ1) is 8.94. The molecule has 2 atom stereocenters. The van der Waals surface area contributed by atoms with Gasteiger partial charge in [-0.3, -0.25) is 0 Å². The minimum atomic E-state index is -3.69. The van der Waals surface area contributed by atoms with E-state index in [1.54, 1.807) is 6.92 Å². The minimum Gasteiger partial charge on any atom is -0.208 e. The standard InChI is InChI=1S/C13H17ClFNO2S/c1-9-5-6-11(15)7-13(9)19(17,18)16-12-4-2-3-10(12)8-14/h5-7,10,12,16H,2-4,8H2,1H3. The van der Waals surface area contributed by atoms with Gasteiger partial charge in [-0.15, -0.1) is 11.6 Å². The second-order valence-corrected chi connectivity index (χ2v) is 6.97. The van der Waals surface area contributed by atoms with Gasteiger partial charge in [0.15, 0.2) is 0 Å².